The zero-order chi connectivity index (χ0) is 4.28. The predicted octanol–water partition coefficient (Wildman–Crippen LogP) is 0.973. The first kappa shape index (κ1) is 9.60. The van der Waals surface area contributed by atoms with E-state index in [4.69, 9.17) is 5.73 Å². The minimum absolute atomic E-state index is 0. The van der Waals surface area contributed by atoms with E-state index >= 15 is 0 Å². The molecule has 0 fully saturated rings. The number of carbonyl (C=O) groups is 1. The van der Waals surface area contributed by atoms with Crippen molar-refractivity contribution < 1.29 is 30.6 Å². The Hall–Kier alpha value is 0.340. The molecule has 0 rings (SSSR count). The van der Waals surface area contributed by atoms with Crippen LogP contribution in [0.2, 0.25) is 0 Å². The van der Waals surface area contributed by atoms with E-state index in [0.29, 0.717) is 6.42 Å². The predicted molar refractivity (Wildman–Crippen MR) is 19.6 cm³/mol. The van der Waals surface area contributed by atoms with Gasteiger partial charge in [0.1, 0.15) is 0 Å². The number of amides is 1. The third-order valence-corrected chi connectivity index (χ3v) is 0.321. The minimum Gasteiger partial charge on any atom is -0.668 e. The van der Waals surface area contributed by atoms with Crippen molar-refractivity contribution in [3.8, 4) is 0 Å². The van der Waals surface area contributed by atoms with Gasteiger partial charge in [0, 0.05) is 31.8 Å². The monoisotopic (exact) mass is 252 g/mol. The number of carbonyl (C=O) groups excluding carboxylic acids is 1. The van der Waals surface area contributed by atoms with Crippen LogP contribution in [0.25, 0.3) is 5.73 Å². The van der Waals surface area contributed by atoms with Crippen LogP contribution in [0.4, 0.5) is 0 Å². The van der Waals surface area contributed by atoms with E-state index in [1.54, 1.807) is 6.92 Å². The van der Waals surface area contributed by atoms with Gasteiger partial charge in [0.25, 0.3) is 0 Å². The summed E-state index contributed by atoms with van der Waals surface area (Å²) in [5.41, 5.74) is 6.19. The number of rotatable bonds is 1. The summed E-state index contributed by atoms with van der Waals surface area (Å²) in [5.74, 6) is -0.495. The fraction of sp³-hybridized carbons (Fsp3) is 0.667. The van der Waals surface area contributed by atoms with Gasteiger partial charge in [-0.15, -0.1) is 0 Å². The van der Waals surface area contributed by atoms with Crippen molar-refractivity contribution in [2.75, 3.05) is 0 Å². The van der Waals surface area contributed by atoms with Gasteiger partial charge in [-0.1, -0.05) is 6.92 Å². The van der Waals surface area contributed by atoms with Gasteiger partial charge >= 0.3 is 0 Å². The maximum Gasteiger partial charge on any atom is 0.0484 e. The van der Waals surface area contributed by atoms with Crippen LogP contribution in [0, 0.1) is 0 Å². The Morgan fingerprint density at radius 1 is 1.83 bits per heavy atom. The van der Waals surface area contributed by atoms with Crippen molar-refractivity contribution in [3.63, 3.8) is 0 Å². The molecule has 2 nitrogen and oxygen atoms in total. The maximum atomic E-state index is 9.48. The average molecular weight is 251 g/mol. The van der Waals surface area contributed by atoms with E-state index in [-0.39, 0.29) is 25.8 Å². The zero-order valence-corrected chi connectivity index (χ0v) is 7.21. The molecule has 1 N–H and O–H groups in total. The second-order valence-corrected chi connectivity index (χ2v) is 0.777. The molecule has 0 aliphatic carbocycles. The normalized spacial score (nSPS) is 6.17. The molecule has 0 aliphatic rings. The van der Waals surface area contributed by atoms with E-state index in [1.165, 1.54) is 0 Å². The molecule has 1 amide bonds. The molecule has 0 aromatic rings. The first-order valence-electron chi connectivity index (χ1n) is 1.51. The molecule has 0 aromatic heterocycles. The molecule has 0 bridgehead atoms. The van der Waals surface area contributed by atoms with Crippen molar-refractivity contribution in [1.82, 2.24) is 0 Å². The summed E-state index contributed by atoms with van der Waals surface area (Å²) < 4.78 is 0. The molecule has 0 radical (unpaired) electrons. The molecule has 0 aromatic carbocycles. The molecule has 34 valence electrons. The van der Waals surface area contributed by atoms with Crippen LogP contribution in [-0.4, -0.2) is 5.91 Å². The van der Waals surface area contributed by atoms with Gasteiger partial charge in [-0.25, -0.2) is 0 Å². The summed E-state index contributed by atoms with van der Waals surface area (Å²) in [7, 11) is 0. The summed E-state index contributed by atoms with van der Waals surface area (Å²) in [6, 6.07) is 0. The summed E-state index contributed by atoms with van der Waals surface area (Å²) in [5, 5.41) is 0. The Labute approximate surface area is 55.9 Å². The fourth-order valence-corrected chi connectivity index (χ4v) is 0. The van der Waals surface area contributed by atoms with Gasteiger partial charge in [-0.05, 0) is 6.42 Å². The van der Waals surface area contributed by atoms with Gasteiger partial charge in [-0.3, -0.25) is 0 Å². The average Bonchev–Trinajstić information content (AvgIpc) is 1.38. The van der Waals surface area contributed by atoms with E-state index < -0.39 is 5.91 Å². The molecular formula is C3H6HfNO-. The molecule has 0 aliphatic heterocycles. The van der Waals surface area contributed by atoms with Crippen LogP contribution in [-0.2, 0) is 30.6 Å². The molecule has 6 heavy (non-hydrogen) atoms. The van der Waals surface area contributed by atoms with Crippen LogP contribution in [0.1, 0.15) is 13.3 Å². The van der Waals surface area contributed by atoms with Crippen molar-refractivity contribution in [3.05, 3.63) is 5.73 Å². The minimum atomic E-state index is -0.495. The van der Waals surface area contributed by atoms with E-state index in [2.05, 4.69) is 0 Å². The van der Waals surface area contributed by atoms with Gasteiger partial charge in [0.2, 0.25) is 0 Å². The summed E-state index contributed by atoms with van der Waals surface area (Å²) in [6.45, 7) is 1.66. The molecule has 0 atom stereocenters. The van der Waals surface area contributed by atoms with E-state index in [0.717, 1.165) is 0 Å². The molecule has 0 saturated carbocycles. The molecule has 0 heterocycles. The third kappa shape index (κ3) is 8.84. The zero-order valence-electron chi connectivity index (χ0n) is 3.62. The smallest absolute Gasteiger partial charge is 0.0484 e. The van der Waals surface area contributed by atoms with Crippen molar-refractivity contribution in [1.29, 1.82) is 0 Å². The fourth-order valence-electron chi connectivity index (χ4n) is 0. The molecule has 0 unspecified atom stereocenters. The van der Waals surface area contributed by atoms with Gasteiger partial charge in [-0.2, -0.15) is 0 Å². The first-order valence-corrected chi connectivity index (χ1v) is 1.51. The SMILES string of the molecule is CCC([NH-])=O.[Hf]. The number of hydrogen-bond acceptors (Lipinski definition) is 1. The second kappa shape index (κ2) is 5.34. The summed E-state index contributed by atoms with van der Waals surface area (Å²) in [4.78, 5) is 9.48. The van der Waals surface area contributed by atoms with Crippen LogP contribution in [0.15, 0.2) is 0 Å². The Kier molecular flexibility index (Phi) is 8.54. The quantitative estimate of drug-likeness (QED) is 0.640. The molecule has 0 spiro atoms. The Morgan fingerprint density at radius 2 is 2.00 bits per heavy atom. The largest absolute Gasteiger partial charge is 0.668 e. The van der Waals surface area contributed by atoms with Crippen molar-refractivity contribution in [2.45, 2.75) is 13.3 Å². The van der Waals surface area contributed by atoms with E-state index in [9.17, 15) is 4.79 Å². The second-order valence-electron chi connectivity index (χ2n) is 0.777. The van der Waals surface area contributed by atoms with Crippen LogP contribution < -0.4 is 0 Å². The van der Waals surface area contributed by atoms with Crippen LogP contribution in [0.3, 0.4) is 0 Å². The van der Waals surface area contributed by atoms with Gasteiger partial charge in [0.05, 0.1) is 0 Å². The summed E-state index contributed by atoms with van der Waals surface area (Å²) >= 11 is 0. The number of nitrogens with one attached hydrogen (secondary N) is 1. The number of hydrogen-bond donors (Lipinski definition) is 0. The first-order chi connectivity index (χ1) is 2.27. The summed E-state index contributed by atoms with van der Waals surface area (Å²) in [6.07, 6.45) is 0.333. The van der Waals surface area contributed by atoms with E-state index in [1.807, 2.05) is 0 Å². The Morgan fingerprint density at radius 3 is 2.00 bits per heavy atom. The molecule has 3 heteroatoms. The standard InChI is InChI=1S/C3H7NO.Hf/c1-2-3(4)5;/h2H2,1H3,(H2,4,5);/p-1. The van der Waals surface area contributed by atoms with Crippen molar-refractivity contribution in [2.24, 2.45) is 0 Å². The van der Waals surface area contributed by atoms with Crippen LogP contribution >= 0.6 is 0 Å². The Bertz CT molecular complexity index is 46.1. The van der Waals surface area contributed by atoms with Crippen molar-refractivity contribution >= 4 is 5.91 Å². The Balaban J connectivity index is 0. The molecule has 0 saturated heterocycles. The van der Waals surface area contributed by atoms with Crippen LogP contribution in [0.5, 0.6) is 0 Å². The topological polar surface area (TPSA) is 40.9 Å². The molecular weight excluding hydrogens is 245 g/mol. The van der Waals surface area contributed by atoms with Gasteiger partial charge < -0.3 is 10.5 Å². The third-order valence-electron chi connectivity index (χ3n) is 0.321. The van der Waals surface area contributed by atoms with Gasteiger partial charge in [0.15, 0.2) is 0 Å². The maximum absolute atomic E-state index is 9.48.